The van der Waals surface area contributed by atoms with Crippen molar-refractivity contribution in [3.05, 3.63) is 52.5 Å². The number of fused-ring (bicyclic) bond motifs is 2. The van der Waals surface area contributed by atoms with E-state index in [4.69, 9.17) is 16.0 Å². The minimum Gasteiger partial charge on any atom is -0.344 e. The van der Waals surface area contributed by atoms with E-state index in [0.29, 0.717) is 6.42 Å². The lowest BCUT2D eigenvalue weighted by molar-refractivity contribution is -0.930. The van der Waals surface area contributed by atoms with Crippen molar-refractivity contribution < 1.29 is 9.28 Å². The first-order valence-electron chi connectivity index (χ1n) is 12.1. The summed E-state index contributed by atoms with van der Waals surface area (Å²) in [6.45, 7) is 9.16. The molecule has 2 atom stereocenters. The van der Waals surface area contributed by atoms with Gasteiger partial charge in [-0.05, 0) is 53.2 Å². The molecule has 1 aliphatic carbocycles. The molecule has 7 heteroatoms. The number of nitrogens with one attached hydrogen (secondary N) is 1. The molecule has 2 aliphatic heterocycles. The van der Waals surface area contributed by atoms with E-state index in [1.807, 2.05) is 6.07 Å². The molecule has 2 fully saturated rings. The number of hydrogen-bond acceptors (Lipinski definition) is 4. The molecule has 1 saturated carbocycles. The van der Waals surface area contributed by atoms with Gasteiger partial charge >= 0.3 is 0 Å². The fraction of sp³-hybridized carbons (Fsp3) is 0.462. The molecule has 3 heterocycles. The molecule has 6 rings (SSSR count). The first-order chi connectivity index (χ1) is 16.0. The fourth-order valence-corrected chi connectivity index (χ4v) is 6.75. The average Bonchev–Trinajstić information content (AvgIpc) is 3.18. The van der Waals surface area contributed by atoms with E-state index < -0.39 is 0 Å². The molecule has 2 aromatic carbocycles. The van der Waals surface area contributed by atoms with Crippen LogP contribution in [0.15, 0.2) is 36.4 Å². The number of amides is 1. The van der Waals surface area contributed by atoms with Crippen molar-refractivity contribution >= 4 is 50.6 Å². The Morgan fingerprint density at radius 1 is 1.24 bits per heavy atom. The van der Waals surface area contributed by atoms with Crippen LogP contribution in [-0.4, -0.2) is 54.0 Å². The van der Waals surface area contributed by atoms with Crippen LogP contribution in [-0.2, 0) is 17.6 Å². The van der Waals surface area contributed by atoms with Gasteiger partial charge in [-0.2, -0.15) is 4.37 Å². The number of rotatable bonds is 6. The van der Waals surface area contributed by atoms with Gasteiger partial charge in [0.1, 0.15) is 0 Å². The van der Waals surface area contributed by atoms with Crippen molar-refractivity contribution in [2.24, 2.45) is 11.8 Å². The van der Waals surface area contributed by atoms with E-state index in [1.54, 1.807) is 11.5 Å². The first kappa shape index (κ1) is 21.4. The molecular weight excluding hydrogens is 452 g/mol. The minimum atomic E-state index is 0.0649. The molecule has 1 N–H and O–H groups in total. The van der Waals surface area contributed by atoms with Gasteiger partial charge in [-0.3, -0.25) is 4.79 Å². The lowest BCUT2D eigenvalue weighted by Gasteiger charge is -2.45. The van der Waals surface area contributed by atoms with Gasteiger partial charge in [-0.15, -0.1) is 0 Å². The zero-order valence-corrected chi connectivity index (χ0v) is 20.6. The molecule has 33 heavy (non-hydrogen) atoms. The molecule has 1 aromatic heterocycles. The Morgan fingerprint density at radius 2 is 2.03 bits per heavy atom. The Hall–Kier alpha value is -2.15. The van der Waals surface area contributed by atoms with Crippen molar-refractivity contribution in [3.63, 3.8) is 0 Å². The second kappa shape index (κ2) is 8.26. The number of nitrogens with zero attached hydrogens (tertiary/aromatic N) is 3. The molecule has 0 bridgehead atoms. The van der Waals surface area contributed by atoms with Crippen molar-refractivity contribution in [1.29, 1.82) is 0 Å². The van der Waals surface area contributed by atoms with Gasteiger partial charge in [-0.25, -0.2) is 0 Å². The van der Waals surface area contributed by atoms with Gasteiger partial charge < -0.3 is 14.7 Å². The van der Waals surface area contributed by atoms with Gasteiger partial charge in [0.25, 0.3) is 0 Å². The number of anilines is 2. The van der Waals surface area contributed by atoms with Gasteiger partial charge in [-0.1, -0.05) is 36.7 Å². The number of piperazine rings is 1. The smallest absolute Gasteiger partial charge is 0.228 e. The third-order valence-corrected chi connectivity index (χ3v) is 9.17. The highest BCUT2D eigenvalue weighted by atomic mass is 35.5. The number of benzene rings is 2. The van der Waals surface area contributed by atoms with Crippen LogP contribution in [0.3, 0.4) is 0 Å². The molecular formula is C26H30ClN4OS+. The molecule has 0 radical (unpaired) electrons. The SMILES string of the molecule is CC1CC1C[N+]1(CCc2cc3c(cc2Cl)NC(=O)C3)CCN(c2nsc3ccccc23)CC1. The fourth-order valence-electron chi connectivity index (χ4n) is 5.70. The summed E-state index contributed by atoms with van der Waals surface area (Å²) in [7, 11) is 0. The molecule has 2 unspecified atom stereocenters. The Labute approximate surface area is 204 Å². The summed E-state index contributed by atoms with van der Waals surface area (Å²) in [5.74, 6) is 2.94. The van der Waals surface area contributed by atoms with Crippen molar-refractivity contribution in [2.45, 2.75) is 26.2 Å². The standard InChI is InChI=1S/C26H29ClN4OS/c1-17-12-20(17)16-31(9-6-18-13-19-14-25(32)28-23(19)15-22(18)27)10-7-30(8-11-31)26-21-4-2-3-5-24(21)33-29-26/h2-5,13,15,17,20H,6-12,14,16H2,1H3/p+1. The van der Waals surface area contributed by atoms with E-state index in [9.17, 15) is 4.79 Å². The number of carbonyl (C=O) groups is 1. The second-order valence-electron chi connectivity index (χ2n) is 10.2. The maximum absolute atomic E-state index is 11.8. The summed E-state index contributed by atoms with van der Waals surface area (Å²) in [4.78, 5) is 14.3. The van der Waals surface area contributed by atoms with Crippen molar-refractivity contribution in [1.82, 2.24) is 4.37 Å². The lowest BCUT2D eigenvalue weighted by atomic mass is 10.0. The number of quaternary nitrogens is 1. The first-order valence-corrected chi connectivity index (χ1v) is 13.2. The van der Waals surface area contributed by atoms with Gasteiger partial charge in [0.15, 0.2) is 5.82 Å². The maximum Gasteiger partial charge on any atom is 0.228 e. The van der Waals surface area contributed by atoms with Gasteiger partial charge in [0, 0.05) is 28.4 Å². The Bertz CT molecular complexity index is 1220. The molecule has 3 aliphatic rings. The summed E-state index contributed by atoms with van der Waals surface area (Å²) in [5.41, 5.74) is 3.15. The summed E-state index contributed by atoms with van der Waals surface area (Å²) in [5, 5.41) is 4.97. The molecule has 172 valence electrons. The quantitative estimate of drug-likeness (QED) is 0.505. The second-order valence-corrected chi connectivity index (χ2v) is 11.4. The number of carbonyl (C=O) groups excluding carboxylic acids is 1. The van der Waals surface area contributed by atoms with Crippen molar-refractivity contribution in [3.8, 4) is 0 Å². The normalized spacial score (nSPS) is 23.6. The molecule has 5 nitrogen and oxygen atoms in total. The third kappa shape index (κ3) is 4.13. The maximum atomic E-state index is 11.8. The predicted octanol–water partition coefficient (Wildman–Crippen LogP) is 4.98. The third-order valence-electron chi connectivity index (χ3n) is 8.00. The van der Waals surface area contributed by atoms with Crippen LogP contribution in [0.5, 0.6) is 0 Å². The summed E-state index contributed by atoms with van der Waals surface area (Å²) < 4.78 is 7.24. The van der Waals surface area contributed by atoms with E-state index in [0.717, 1.165) is 77.6 Å². The van der Waals surface area contributed by atoms with E-state index in [1.165, 1.54) is 28.6 Å². The van der Waals surface area contributed by atoms with Crippen LogP contribution in [0.2, 0.25) is 5.02 Å². The van der Waals surface area contributed by atoms with Crippen LogP contribution < -0.4 is 10.2 Å². The monoisotopic (exact) mass is 481 g/mol. The predicted molar refractivity (Wildman–Crippen MR) is 136 cm³/mol. The number of hydrogen-bond donors (Lipinski definition) is 1. The molecule has 0 spiro atoms. The topological polar surface area (TPSA) is 45.2 Å². The summed E-state index contributed by atoms with van der Waals surface area (Å²) in [6, 6.07) is 12.7. The van der Waals surface area contributed by atoms with E-state index >= 15 is 0 Å². The van der Waals surface area contributed by atoms with Crippen molar-refractivity contribution in [2.75, 3.05) is 49.5 Å². The average molecular weight is 482 g/mol. The zero-order chi connectivity index (χ0) is 22.6. The van der Waals surface area contributed by atoms with Crippen LogP contribution >= 0.6 is 23.1 Å². The largest absolute Gasteiger partial charge is 0.344 e. The van der Waals surface area contributed by atoms with E-state index in [-0.39, 0.29) is 5.91 Å². The van der Waals surface area contributed by atoms with Crippen LogP contribution in [0.25, 0.3) is 10.1 Å². The van der Waals surface area contributed by atoms with Gasteiger partial charge in [0.2, 0.25) is 5.91 Å². The molecule has 3 aromatic rings. The Morgan fingerprint density at radius 3 is 2.82 bits per heavy atom. The summed E-state index contributed by atoms with van der Waals surface area (Å²) >= 11 is 8.24. The molecule has 1 saturated heterocycles. The zero-order valence-electron chi connectivity index (χ0n) is 19.0. The molecule has 1 amide bonds. The lowest BCUT2D eigenvalue weighted by Crippen LogP contribution is -2.61. The number of aromatic nitrogens is 1. The number of halogens is 1. The van der Waals surface area contributed by atoms with Gasteiger partial charge in [0.05, 0.1) is 50.4 Å². The minimum absolute atomic E-state index is 0.0649. The van der Waals surface area contributed by atoms with E-state index in [2.05, 4.69) is 47.5 Å². The Kier molecular flexibility index (Phi) is 5.35. The summed E-state index contributed by atoms with van der Waals surface area (Å²) in [6.07, 6.45) is 2.80. The highest BCUT2D eigenvalue weighted by Gasteiger charge is 2.43. The van der Waals surface area contributed by atoms with Crippen LogP contribution in [0.1, 0.15) is 24.5 Å². The highest BCUT2D eigenvalue weighted by molar-refractivity contribution is 7.13. The Balaban J connectivity index is 1.19. The van der Waals surface area contributed by atoms with Crippen LogP contribution in [0, 0.1) is 11.8 Å². The van der Waals surface area contributed by atoms with Crippen LogP contribution in [0.4, 0.5) is 11.5 Å². The highest BCUT2D eigenvalue weighted by Crippen LogP contribution is 2.41.